The normalized spacial score (nSPS) is 11.5. The number of pyridine rings is 1. The van der Waals surface area contributed by atoms with Gasteiger partial charge in [0.05, 0.1) is 5.02 Å². The third-order valence-electron chi connectivity index (χ3n) is 2.75. The molecule has 0 aliphatic carbocycles. The summed E-state index contributed by atoms with van der Waals surface area (Å²) in [5.41, 5.74) is 1.64. The van der Waals surface area contributed by atoms with Crippen LogP contribution in [-0.4, -0.2) is 4.98 Å². The number of rotatable bonds is 1. The average Bonchev–Trinajstić information content (AvgIpc) is 2.19. The van der Waals surface area contributed by atoms with E-state index < -0.39 is 11.6 Å². The van der Waals surface area contributed by atoms with Crippen LogP contribution in [0.25, 0.3) is 10.9 Å². The molecule has 0 saturated carbocycles. The summed E-state index contributed by atoms with van der Waals surface area (Å²) in [5, 5.41) is 0.722. The predicted molar refractivity (Wildman–Crippen MR) is 65.5 cm³/mol. The van der Waals surface area contributed by atoms with Gasteiger partial charge in [0, 0.05) is 17.1 Å². The summed E-state index contributed by atoms with van der Waals surface area (Å²) in [6, 6.07) is 2.04. The van der Waals surface area contributed by atoms with Crippen molar-refractivity contribution in [2.24, 2.45) is 0 Å². The molecule has 0 atom stereocenters. The maximum atomic E-state index is 13.6. The van der Waals surface area contributed by atoms with E-state index in [1.54, 1.807) is 6.92 Å². The van der Waals surface area contributed by atoms with E-state index in [1.165, 1.54) is 6.07 Å². The van der Waals surface area contributed by atoms with Gasteiger partial charge < -0.3 is 0 Å². The summed E-state index contributed by atoms with van der Waals surface area (Å²) >= 11 is 6.21. The van der Waals surface area contributed by atoms with Gasteiger partial charge in [-0.25, -0.2) is 13.8 Å². The van der Waals surface area contributed by atoms with Gasteiger partial charge in [0.1, 0.15) is 11.3 Å². The maximum Gasteiger partial charge on any atom is 0.152 e. The molecule has 90 valence electrons. The van der Waals surface area contributed by atoms with E-state index in [-0.39, 0.29) is 11.4 Å². The number of hydrogen-bond donors (Lipinski definition) is 0. The number of hydrogen-bond acceptors (Lipinski definition) is 1. The van der Waals surface area contributed by atoms with Gasteiger partial charge in [-0.2, -0.15) is 0 Å². The van der Waals surface area contributed by atoms with Crippen LogP contribution in [0, 0.1) is 18.6 Å². The van der Waals surface area contributed by atoms with E-state index in [2.05, 4.69) is 4.98 Å². The number of nitrogens with zero attached hydrogens (tertiary/aromatic N) is 1. The molecule has 1 aromatic carbocycles. The Labute approximate surface area is 103 Å². The third-order valence-corrected chi connectivity index (χ3v) is 3.15. The Morgan fingerprint density at radius 2 is 1.88 bits per heavy atom. The highest BCUT2D eigenvalue weighted by Crippen LogP contribution is 2.34. The predicted octanol–water partition coefficient (Wildman–Crippen LogP) is 4.60. The van der Waals surface area contributed by atoms with Crippen molar-refractivity contribution in [2.75, 3.05) is 0 Å². The minimum atomic E-state index is -0.680. The fourth-order valence-electron chi connectivity index (χ4n) is 2.05. The SMILES string of the molecule is Cc1nc2c(F)cc(F)cc2c(Cl)c1C(C)C. The highest BCUT2D eigenvalue weighted by atomic mass is 35.5. The fourth-order valence-corrected chi connectivity index (χ4v) is 2.55. The van der Waals surface area contributed by atoms with Gasteiger partial charge in [-0.3, -0.25) is 0 Å². The van der Waals surface area contributed by atoms with Crippen LogP contribution in [0.3, 0.4) is 0 Å². The Balaban J connectivity index is 2.92. The standard InChI is InChI=1S/C13H12ClF2N/c1-6(2)11-7(3)17-13-9(12(11)14)4-8(15)5-10(13)16/h4-6H,1-3H3. The van der Waals surface area contributed by atoms with Crippen molar-refractivity contribution in [1.29, 1.82) is 0 Å². The molecule has 0 amide bonds. The Kier molecular flexibility index (Phi) is 3.04. The molecular weight excluding hydrogens is 244 g/mol. The van der Waals surface area contributed by atoms with E-state index in [0.29, 0.717) is 16.1 Å². The minimum absolute atomic E-state index is 0.123. The van der Waals surface area contributed by atoms with Crippen LogP contribution in [0.4, 0.5) is 8.78 Å². The van der Waals surface area contributed by atoms with E-state index in [1.807, 2.05) is 13.8 Å². The quantitative estimate of drug-likeness (QED) is 0.726. The summed E-state index contributed by atoms with van der Waals surface area (Å²) < 4.78 is 26.8. The highest BCUT2D eigenvalue weighted by Gasteiger charge is 2.16. The first-order chi connectivity index (χ1) is 7.91. The van der Waals surface area contributed by atoms with Crippen molar-refractivity contribution in [2.45, 2.75) is 26.7 Å². The molecule has 0 N–H and O–H groups in total. The van der Waals surface area contributed by atoms with Gasteiger partial charge in [-0.05, 0) is 24.5 Å². The van der Waals surface area contributed by atoms with E-state index in [0.717, 1.165) is 11.6 Å². The van der Waals surface area contributed by atoms with Crippen molar-refractivity contribution in [3.8, 4) is 0 Å². The van der Waals surface area contributed by atoms with Crippen molar-refractivity contribution in [3.05, 3.63) is 40.0 Å². The fraction of sp³-hybridized carbons (Fsp3) is 0.308. The zero-order chi connectivity index (χ0) is 12.7. The van der Waals surface area contributed by atoms with Crippen LogP contribution in [0.15, 0.2) is 12.1 Å². The molecule has 2 aromatic rings. The largest absolute Gasteiger partial charge is 0.250 e. The van der Waals surface area contributed by atoms with Crippen molar-refractivity contribution in [1.82, 2.24) is 4.98 Å². The molecule has 0 saturated heterocycles. The van der Waals surface area contributed by atoms with E-state index >= 15 is 0 Å². The lowest BCUT2D eigenvalue weighted by molar-refractivity contribution is 0.590. The summed E-state index contributed by atoms with van der Waals surface area (Å²) in [7, 11) is 0. The monoisotopic (exact) mass is 255 g/mol. The van der Waals surface area contributed by atoms with Gasteiger partial charge >= 0.3 is 0 Å². The molecule has 1 nitrogen and oxygen atoms in total. The van der Waals surface area contributed by atoms with Gasteiger partial charge in [-0.1, -0.05) is 25.4 Å². The third kappa shape index (κ3) is 2.00. The van der Waals surface area contributed by atoms with Crippen molar-refractivity contribution < 1.29 is 8.78 Å². The number of aromatic nitrogens is 1. The topological polar surface area (TPSA) is 12.9 Å². The Morgan fingerprint density at radius 3 is 2.47 bits per heavy atom. The number of fused-ring (bicyclic) bond motifs is 1. The average molecular weight is 256 g/mol. The maximum absolute atomic E-state index is 13.6. The molecule has 0 bridgehead atoms. The second-order valence-corrected chi connectivity index (χ2v) is 4.74. The number of aryl methyl sites for hydroxylation is 1. The van der Waals surface area contributed by atoms with Crippen LogP contribution in [0.5, 0.6) is 0 Å². The summed E-state index contributed by atoms with van der Waals surface area (Å²) in [6.07, 6.45) is 0. The van der Waals surface area contributed by atoms with Gasteiger partial charge in [0.15, 0.2) is 5.82 Å². The number of benzene rings is 1. The van der Waals surface area contributed by atoms with E-state index in [4.69, 9.17) is 11.6 Å². The molecule has 4 heteroatoms. The minimum Gasteiger partial charge on any atom is -0.250 e. The summed E-state index contributed by atoms with van der Waals surface area (Å²) in [6.45, 7) is 5.72. The van der Waals surface area contributed by atoms with Crippen LogP contribution >= 0.6 is 11.6 Å². The molecule has 0 fully saturated rings. The molecule has 17 heavy (non-hydrogen) atoms. The molecule has 2 rings (SSSR count). The molecular formula is C13H12ClF2N. The molecule has 0 spiro atoms. The Morgan fingerprint density at radius 1 is 1.24 bits per heavy atom. The second kappa shape index (κ2) is 4.22. The van der Waals surface area contributed by atoms with Gasteiger partial charge in [-0.15, -0.1) is 0 Å². The zero-order valence-corrected chi connectivity index (χ0v) is 10.6. The summed E-state index contributed by atoms with van der Waals surface area (Å²) in [4.78, 5) is 4.17. The Hall–Kier alpha value is -1.22. The van der Waals surface area contributed by atoms with Gasteiger partial charge in [0.2, 0.25) is 0 Å². The van der Waals surface area contributed by atoms with Crippen LogP contribution in [-0.2, 0) is 0 Å². The van der Waals surface area contributed by atoms with Crippen LogP contribution < -0.4 is 0 Å². The zero-order valence-electron chi connectivity index (χ0n) is 9.81. The first-order valence-corrected chi connectivity index (χ1v) is 5.74. The molecule has 1 heterocycles. The molecule has 0 radical (unpaired) electrons. The lowest BCUT2D eigenvalue weighted by Gasteiger charge is -2.14. The van der Waals surface area contributed by atoms with Crippen molar-refractivity contribution in [3.63, 3.8) is 0 Å². The molecule has 0 aliphatic rings. The Bertz CT molecular complexity index is 594. The first kappa shape index (κ1) is 12.2. The lowest BCUT2D eigenvalue weighted by Crippen LogP contribution is -2.00. The smallest absolute Gasteiger partial charge is 0.152 e. The first-order valence-electron chi connectivity index (χ1n) is 5.36. The molecule has 0 unspecified atom stereocenters. The summed E-state index contributed by atoms with van der Waals surface area (Å²) in [5.74, 6) is -1.16. The highest BCUT2D eigenvalue weighted by molar-refractivity contribution is 6.36. The van der Waals surface area contributed by atoms with Crippen LogP contribution in [0.1, 0.15) is 31.0 Å². The lowest BCUT2D eigenvalue weighted by atomic mass is 9.99. The van der Waals surface area contributed by atoms with Gasteiger partial charge in [0.25, 0.3) is 0 Å². The van der Waals surface area contributed by atoms with E-state index in [9.17, 15) is 8.78 Å². The molecule has 1 aromatic heterocycles. The number of halogens is 3. The molecule has 0 aliphatic heterocycles. The van der Waals surface area contributed by atoms with Crippen molar-refractivity contribution >= 4 is 22.5 Å². The second-order valence-electron chi connectivity index (χ2n) is 4.36. The van der Waals surface area contributed by atoms with Crippen LogP contribution in [0.2, 0.25) is 5.02 Å².